The van der Waals surface area contributed by atoms with Crippen LogP contribution in [0.5, 0.6) is 0 Å². The first-order valence-corrected chi connectivity index (χ1v) is 6.00. The Kier molecular flexibility index (Phi) is 4.34. The lowest BCUT2D eigenvalue weighted by atomic mass is 10.1. The van der Waals surface area contributed by atoms with Gasteiger partial charge in [0.15, 0.2) is 0 Å². The van der Waals surface area contributed by atoms with Crippen molar-refractivity contribution in [3.05, 3.63) is 22.4 Å². The molecule has 6 heteroatoms. The highest BCUT2D eigenvalue weighted by atomic mass is 79.9. The van der Waals surface area contributed by atoms with Crippen LogP contribution in [-0.2, 0) is 4.79 Å². The zero-order chi connectivity index (χ0) is 13.1. The Morgan fingerprint density at radius 2 is 2.06 bits per heavy atom. The van der Waals surface area contributed by atoms with Gasteiger partial charge in [-0.25, -0.2) is 0 Å². The summed E-state index contributed by atoms with van der Waals surface area (Å²) in [5, 5.41) is 5.29. The molecule has 94 valence electrons. The summed E-state index contributed by atoms with van der Waals surface area (Å²) >= 11 is 3.23. The van der Waals surface area contributed by atoms with Crippen molar-refractivity contribution in [3.8, 4) is 0 Å². The zero-order valence-corrected chi connectivity index (χ0v) is 11.6. The molecule has 0 aromatic carbocycles. The number of rotatable bonds is 3. The third-order valence-corrected chi connectivity index (χ3v) is 2.27. The van der Waals surface area contributed by atoms with E-state index in [1.54, 1.807) is 12.3 Å². The normalized spacial score (nSPS) is 11.1. The number of H-pyrrole nitrogens is 1. The van der Waals surface area contributed by atoms with Crippen molar-refractivity contribution in [2.24, 2.45) is 0 Å². The molecule has 0 saturated carbocycles. The van der Waals surface area contributed by atoms with Crippen LogP contribution in [0.25, 0.3) is 0 Å². The number of halogens is 1. The molecule has 1 aromatic heterocycles. The second-order valence-electron chi connectivity index (χ2n) is 4.71. The van der Waals surface area contributed by atoms with E-state index in [2.05, 4.69) is 31.5 Å². The number of hydrogen-bond acceptors (Lipinski definition) is 2. The van der Waals surface area contributed by atoms with Crippen LogP contribution in [0.3, 0.4) is 0 Å². The van der Waals surface area contributed by atoms with E-state index in [0.29, 0.717) is 5.69 Å². The predicted octanol–water partition coefficient (Wildman–Crippen LogP) is 1.42. The number of nitrogens with one attached hydrogen (secondary N) is 3. The maximum absolute atomic E-state index is 11.6. The van der Waals surface area contributed by atoms with Gasteiger partial charge in [-0.1, -0.05) is 0 Å². The van der Waals surface area contributed by atoms with Crippen LogP contribution in [-0.4, -0.2) is 28.9 Å². The minimum absolute atomic E-state index is 0.0350. The molecule has 0 aliphatic rings. The number of carbonyl (C=O) groups is 2. The summed E-state index contributed by atoms with van der Waals surface area (Å²) in [6.45, 7) is 5.62. The van der Waals surface area contributed by atoms with Crippen molar-refractivity contribution in [2.75, 3.05) is 6.54 Å². The van der Waals surface area contributed by atoms with Crippen molar-refractivity contribution in [3.63, 3.8) is 0 Å². The van der Waals surface area contributed by atoms with Crippen molar-refractivity contribution >= 4 is 27.7 Å². The highest BCUT2D eigenvalue weighted by molar-refractivity contribution is 9.10. The van der Waals surface area contributed by atoms with Crippen LogP contribution in [0.2, 0.25) is 0 Å². The highest BCUT2D eigenvalue weighted by Gasteiger charge is 2.15. The fourth-order valence-electron chi connectivity index (χ4n) is 1.22. The Labute approximate surface area is 108 Å². The Hall–Kier alpha value is -1.30. The number of aromatic amines is 1. The van der Waals surface area contributed by atoms with Crippen molar-refractivity contribution in [1.29, 1.82) is 0 Å². The third kappa shape index (κ3) is 5.04. The van der Waals surface area contributed by atoms with E-state index in [-0.39, 0.29) is 23.9 Å². The molecule has 2 amide bonds. The first kappa shape index (κ1) is 13.8. The van der Waals surface area contributed by atoms with Crippen molar-refractivity contribution in [1.82, 2.24) is 15.6 Å². The molecule has 3 N–H and O–H groups in total. The van der Waals surface area contributed by atoms with Gasteiger partial charge in [0.1, 0.15) is 5.69 Å². The number of carbonyl (C=O) groups excluding carboxylic acids is 2. The topological polar surface area (TPSA) is 74.0 Å². The summed E-state index contributed by atoms with van der Waals surface area (Å²) in [4.78, 5) is 25.8. The molecule has 0 fully saturated rings. The highest BCUT2D eigenvalue weighted by Crippen LogP contribution is 2.10. The summed E-state index contributed by atoms with van der Waals surface area (Å²) in [7, 11) is 0. The second-order valence-corrected chi connectivity index (χ2v) is 5.63. The van der Waals surface area contributed by atoms with Crippen LogP contribution >= 0.6 is 15.9 Å². The lowest BCUT2D eigenvalue weighted by molar-refractivity contribution is -0.121. The minimum Gasteiger partial charge on any atom is -0.356 e. The van der Waals surface area contributed by atoms with Gasteiger partial charge in [-0.2, -0.15) is 0 Å². The molecule has 0 aliphatic heterocycles. The smallest absolute Gasteiger partial charge is 0.268 e. The van der Waals surface area contributed by atoms with E-state index < -0.39 is 0 Å². The molecule has 0 radical (unpaired) electrons. The van der Waals surface area contributed by atoms with E-state index in [4.69, 9.17) is 0 Å². The largest absolute Gasteiger partial charge is 0.356 e. The summed E-state index contributed by atoms with van der Waals surface area (Å²) < 4.78 is 0.793. The van der Waals surface area contributed by atoms with Crippen LogP contribution in [0.1, 0.15) is 31.3 Å². The molecule has 0 bridgehead atoms. The molecule has 0 atom stereocenters. The predicted molar refractivity (Wildman–Crippen MR) is 68.7 cm³/mol. The zero-order valence-electron chi connectivity index (χ0n) is 10.1. The third-order valence-electron chi connectivity index (χ3n) is 1.82. The van der Waals surface area contributed by atoms with Gasteiger partial charge in [0.05, 0.1) is 6.54 Å². The van der Waals surface area contributed by atoms with Crippen LogP contribution in [0.15, 0.2) is 16.7 Å². The Morgan fingerprint density at radius 1 is 1.41 bits per heavy atom. The SMILES string of the molecule is CC(C)(C)NC(=O)CNC(=O)c1cc(Br)c[nH]1. The first-order chi connectivity index (χ1) is 7.78. The monoisotopic (exact) mass is 301 g/mol. The van der Waals surface area contributed by atoms with Gasteiger partial charge in [0, 0.05) is 16.2 Å². The van der Waals surface area contributed by atoms with Gasteiger partial charge in [0.25, 0.3) is 5.91 Å². The fourth-order valence-corrected chi connectivity index (χ4v) is 1.56. The van der Waals surface area contributed by atoms with E-state index in [1.165, 1.54) is 0 Å². The molecule has 0 spiro atoms. The summed E-state index contributed by atoms with van der Waals surface area (Å²) in [6.07, 6.45) is 1.66. The molecule has 0 aliphatic carbocycles. The maximum Gasteiger partial charge on any atom is 0.268 e. The summed E-state index contributed by atoms with van der Waals surface area (Å²) in [5.74, 6) is -0.517. The van der Waals surface area contributed by atoms with E-state index in [0.717, 1.165) is 4.47 Å². The van der Waals surface area contributed by atoms with Crippen LogP contribution < -0.4 is 10.6 Å². The van der Waals surface area contributed by atoms with E-state index in [1.807, 2.05) is 20.8 Å². The molecule has 17 heavy (non-hydrogen) atoms. The molecule has 1 aromatic rings. The summed E-state index contributed by atoms with van der Waals surface area (Å²) in [5.41, 5.74) is 0.123. The van der Waals surface area contributed by atoms with Gasteiger partial charge in [-0.05, 0) is 42.8 Å². The molecule has 1 heterocycles. The van der Waals surface area contributed by atoms with Gasteiger partial charge < -0.3 is 15.6 Å². The average molecular weight is 302 g/mol. The summed E-state index contributed by atoms with van der Waals surface area (Å²) in [6, 6.07) is 1.65. The van der Waals surface area contributed by atoms with Crippen LogP contribution in [0, 0.1) is 0 Å². The van der Waals surface area contributed by atoms with Crippen LogP contribution in [0.4, 0.5) is 0 Å². The second kappa shape index (κ2) is 5.35. The standard InChI is InChI=1S/C11H16BrN3O2/c1-11(2,3)15-9(16)6-14-10(17)8-4-7(12)5-13-8/h4-5,13H,6H2,1-3H3,(H,14,17)(H,15,16). The molecule has 5 nitrogen and oxygen atoms in total. The molecular formula is C11H16BrN3O2. The first-order valence-electron chi connectivity index (χ1n) is 5.21. The lowest BCUT2D eigenvalue weighted by Crippen LogP contribution is -2.45. The van der Waals surface area contributed by atoms with Crippen molar-refractivity contribution in [2.45, 2.75) is 26.3 Å². The molecule has 0 unspecified atom stereocenters. The van der Waals surface area contributed by atoms with Gasteiger partial charge >= 0.3 is 0 Å². The number of amides is 2. The molecule has 0 saturated heterocycles. The van der Waals surface area contributed by atoms with E-state index >= 15 is 0 Å². The maximum atomic E-state index is 11.6. The molecule has 1 rings (SSSR count). The molecular weight excluding hydrogens is 286 g/mol. The van der Waals surface area contributed by atoms with Gasteiger partial charge in [-0.15, -0.1) is 0 Å². The Bertz CT molecular complexity index is 421. The Balaban J connectivity index is 2.41. The quantitative estimate of drug-likeness (QED) is 0.790. The lowest BCUT2D eigenvalue weighted by Gasteiger charge is -2.20. The van der Waals surface area contributed by atoms with Gasteiger partial charge in [0.2, 0.25) is 5.91 Å². The van der Waals surface area contributed by atoms with E-state index in [9.17, 15) is 9.59 Å². The number of aromatic nitrogens is 1. The fraction of sp³-hybridized carbons (Fsp3) is 0.455. The van der Waals surface area contributed by atoms with Crippen molar-refractivity contribution < 1.29 is 9.59 Å². The number of hydrogen-bond donors (Lipinski definition) is 3. The van der Waals surface area contributed by atoms with Gasteiger partial charge in [-0.3, -0.25) is 9.59 Å². The Morgan fingerprint density at radius 3 is 2.53 bits per heavy atom. The average Bonchev–Trinajstić information content (AvgIpc) is 2.58. The minimum atomic E-state index is -0.306.